The third kappa shape index (κ3) is 3.84. The number of carbonyl (C=O) groups excluding carboxylic acids is 1. The molecule has 0 saturated carbocycles. The fourth-order valence-electron chi connectivity index (χ4n) is 1.40. The van der Waals surface area contributed by atoms with E-state index in [2.05, 4.69) is 15.9 Å². The van der Waals surface area contributed by atoms with E-state index in [0.717, 1.165) is 0 Å². The number of aliphatic carboxylic acids is 1. The number of rotatable bonds is 6. The van der Waals surface area contributed by atoms with E-state index in [4.69, 9.17) is 9.84 Å². The molecular formula is C13H15BrO4. The van der Waals surface area contributed by atoms with E-state index >= 15 is 0 Å². The van der Waals surface area contributed by atoms with Crippen molar-refractivity contribution in [1.29, 1.82) is 0 Å². The van der Waals surface area contributed by atoms with E-state index in [1.807, 2.05) is 0 Å². The maximum absolute atomic E-state index is 11.7. The summed E-state index contributed by atoms with van der Waals surface area (Å²) in [6, 6.07) is 6.47. The number of hydrogen-bond donors (Lipinski definition) is 1. The fraction of sp³-hybridized carbons (Fsp3) is 0.385. The predicted molar refractivity (Wildman–Crippen MR) is 71.5 cm³/mol. The van der Waals surface area contributed by atoms with E-state index in [9.17, 15) is 9.59 Å². The van der Waals surface area contributed by atoms with Crippen molar-refractivity contribution in [3.8, 4) is 5.75 Å². The molecule has 0 amide bonds. The highest BCUT2D eigenvalue weighted by atomic mass is 79.9. The number of alkyl halides is 1. The molecule has 4 nitrogen and oxygen atoms in total. The van der Waals surface area contributed by atoms with Crippen LogP contribution in [0.15, 0.2) is 24.3 Å². The predicted octanol–water partition coefficient (Wildman–Crippen LogP) is 2.89. The first-order chi connectivity index (χ1) is 8.45. The summed E-state index contributed by atoms with van der Waals surface area (Å²) in [6.07, 6.45) is -0.476. The molecule has 0 aromatic heterocycles. The van der Waals surface area contributed by atoms with Gasteiger partial charge in [-0.15, -0.1) is 0 Å². The Kier molecular flexibility index (Phi) is 5.34. The third-order valence-corrected chi connectivity index (χ3v) is 2.84. The molecule has 0 aliphatic rings. The molecule has 0 aliphatic carbocycles. The van der Waals surface area contributed by atoms with Gasteiger partial charge in [0.2, 0.25) is 0 Å². The van der Waals surface area contributed by atoms with Crippen LogP contribution in [-0.4, -0.2) is 27.8 Å². The van der Waals surface area contributed by atoms with Crippen LogP contribution in [0.3, 0.4) is 0 Å². The molecule has 0 bridgehead atoms. The minimum atomic E-state index is -0.994. The molecule has 18 heavy (non-hydrogen) atoms. The molecule has 5 heteroatoms. The standard InChI is InChI=1S/C13H15BrO4/c1-3-11(13(16)17)18-10-6-4-9(5-7-10)12(15)8(2)14/h4-8,11H,3H2,1-2H3,(H,16,17). The van der Waals surface area contributed by atoms with Crippen molar-refractivity contribution in [3.05, 3.63) is 29.8 Å². The van der Waals surface area contributed by atoms with E-state index < -0.39 is 12.1 Å². The number of benzene rings is 1. The second-order valence-electron chi connectivity index (χ2n) is 3.86. The zero-order valence-corrected chi connectivity index (χ0v) is 11.8. The van der Waals surface area contributed by atoms with E-state index in [0.29, 0.717) is 17.7 Å². The molecule has 1 N–H and O–H groups in total. The minimum Gasteiger partial charge on any atom is -0.479 e. The SMILES string of the molecule is CCC(Oc1ccc(C(=O)C(C)Br)cc1)C(=O)O. The molecule has 0 heterocycles. The molecule has 1 aromatic carbocycles. The summed E-state index contributed by atoms with van der Waals surface area (Å²) in [4.78, 5) is 22.2. The molecular weight excluding hydrogens is 300 g/mol. The van der Waals surface area contributed by atoms with Crippen molar-refractivity contribution in [2.75, 3.05) is 0 Å². The lowest BCUT2D eigenvalue weighted by atomic mass is 10.1. The van der Waals surface area contributed by atoms with Gasteiger partial charge in [0.05, 0.1) is 4.83 Å². The van der Waals surface area contributed by atoms with Crippen molar-refractivity contribution in [1.82, 2.24) is 0 Å². The zero-order valence-electron chi connectivity index (χ0n) is 10.2. The van der Waals surface area contributed by atoms with Gasteiger partial charge in [0.25, 0.3) is 0 Å². The van der Waals surface area contributed by atoms with Gasteiger partial charge in [-0.05, 0) is 37.6 Å². The summed E-state index contributed by atoms with van der Waals surface area (Å²) in [7, 11) is 0. The van der Waals surface area contributed by atoms with Gasteiger partial charge in [0.1, 0.15) is 5.75 Å². The Morgan fingerprint density at radius 2 is 1.89 bits per heavy atom. The Morgan fingerprint density at radius 1 is 1.33 bits per heavy atom. The highest BCUT2D eigenvalue weighted by Crippen LogP contribution is 2.17. The van der Waals surface area contributed by atoms with Gasteiger partial charge >= 0.3 is 5.97 Å². The van der Waals surface area contributed by atoms with Crippen molar-refractivity contribution < 1.29 is 19.4 Å². The number of carboxylic acid groups (broad SMARTS) is 1. The van der Waals surface area contributed by atoms with Crippen LogP contribution in [0.2, 0.25) is 0 Å². The number of ketones is 1. The first-order valence-corrected chi connectivity index (χ1v) is 6.55. The van der Waals surface area contributed by atoms with Gasteiger partial charge in [-0.25, -0.2) is 4.79 Å². The van der Waals surface area contributed by atoms with Gasteiger partial charge in [-0.1, -0.05) is 22.9 Å². The molecule has 98 valence electrons. The highest BCUT2D eigenvalue weighted by Gasteiger charge is 2.17. The van der Waals surface area contributed by atoms with Gasteiger partial charge in [-0.2, -0.15) is 0 Å². The van der Waals surface area contributed by atoms with Crippen LogP contribution in [-0.2, 0) is 4.79 Å². The highest BCUT2D eigenvalue weighted by molar-refractivity contribution is 9.10. The molecule has 0 spiro atoms. The van der Waals surface area contributed by atoms with Crippen LogP contribution in [0.4, 0.5) is 0 Å². The largest absolute Gasteiger partial charge is 0.479 e. The Morgan fingerprint density at radius 3 is 2.28 bits per heavy atom. The maximum Gasteiger partial charge on any atom is 0.344 e. The lowest BCUT2D eigenvalue weighted by Gasteiger charge is -2.13. The molecule has 1 aromatic rings. The third-order valence-electron chi connectivity index (χ3n) is 2.42. The second-order valence-corrected chi connectivity index (χ2v) is 5.23. The molecule has 1 rings (SSSR count). The summed E-state index contributed by atoms with van der Waals surface area (Å²) in [5.41, 5.74) is 0.565. The van der Waals surface area contributed by atoms with Crippen molar-refractivity contribution in [2.24, 2.45) is 0 Å². The van der Waals surface area contributed by atoms with Crippen LogP contribution in [0.25, 0.3) is 0 Å². The summed E-state index contributed by atoms with van der Waals surface area (Å²) >= 11 is 3.21. The average Bonchev–Trinajstić information content (AvgIpc) is 2.35. The Balaban J connectivity index is 2.77. The van der Waals surface area contributed by atoms with Crippen LogP contribution < -0.4 is 4.74 Å². The van der Waals surface area contributed by atoms with Crippen LogP contribution in [0.5, 0.6) is 5.75 Å². The van der Waals surface area contributed by atoms with Crippen LogP contribution >= 0.6 is 15.9 Å². The van der Waals surface area contributed by atoms with E-state index in [-0.39, 0.29) is 10.6 Å². The van der Waals surface area contributed by atoms with Crippen molar-refractivity contribution >= 4 is 27.7 Å². The molecule has 0 saturated heterocycles. The maximum atomic E-state index is 11.7. The first kappa shape index (κ1) is 14.7. The van der Waals surface area contributed by atoms with E-state index in [1.54, 1.807) is 38.1 Å². The molecule has 2 atom stereocenters. The first-order valence-electron chi connectivity index (χ1n) is 5.63. The van der Waals surface area contributed by atoms with Gasteiger partial charge in [0.15, 0.2) is 11.9 Å². The smallest absolute Gasteiger partial charge is 0.344 e. The monoisotopic (exact) mass is 314 g/mol. The summed E-state index contributed by atoms with van der Waals surface area (Å²) < 4.78 is 5.30. The lowest BCUT2D eigenvalue weighted by Crippen LogP contribution is -2.25. The number of carboxylic acids is 1. The Bertz CT molecular complexity index is 425. The number of halogens is 1. The number of ether oxygens (including phenoxy) is 1. The normalized spacial score (nSPS) is 13.7. The van der Waals surface area contributed by atoms with Gasteiger partial charge in [0, 0.05) is 5.56 Å². The Hall–Kier alpha value is -1.36. The fourth-order valence-corrected chi connectivity index (χ4v) is 1.66. The quantitative estimate of drug-likeness (QED) is 0.647. The summed E-state index contributed by atoms with van der Waals surface area (Å²) in [5.74, 6) is -0.568. The minimum absolute atomic E-state index is 0.0215. The Labute approximate surface area is 114 Å². The number of hydrogen-bond acceptors (Lipinski definition) is 3. The summed E-state index contributed by atoms with van der Waals surface area (Å²) in [5, 5.41) is 8.86. The van der Waals surface area contributed by atoms with Crippen LogP contribution in [0, 0.1) is 0 Å². The number of carbonyl (C=O) groups is 2. The number of Topliss-reactive ketones (excluding diaryl/α,β-unsaturated/α-hetero) is 1. The zero-order chi connectivity index (χ0) is 13.7. The van der Waals surface area contributed by atoms with Crippen LogP contribution in [0.1, 0.15) is 30.6 Å². The summed E-state index contributed by atoms with van der Waals surface area (Å²) in [6.45, 7) is 3.49. The van der Waals surface area contributed by atoms with Crippen molar-refractivity contribution in [3.63, 3.8) is 0 Å². The second kappa shape index (κ2) is 6.54. The van der Waals surface area contributed by atoms with E-state index in [1.165, 1.54) is 0 Å². The molecule has 0 aliphatic heterocycles. The lowest BCUT2D eigenvalue weighted by molar-refractivity contribution is -0.145. The molecule has 0 radical (unpaired) electrons. The molecule has 0 fully saturated rings. The van der Waals surface area contributed by atoms with Gasteiger partial charge in [-0.3, -0.25) is 4.79 Å². The van der Waals surface area contributed by atoms with Gasteiger partial charge < -0.3 is 9.84 Å². The average molecular weight is 315 g/mol. The topological polar surface area (TPSA) is 63.6 Å². The van der Waals surface area contributed by atoms with Crippen molar-refractivity contribution in [2.45, 2.75) is 31.2 Å². The molecule has 2 unspecified atom stereocenters.